The third-order valence-corrected chi connectivity index (χ3v) is 6.44. The molecule has 0 spiro atoms. The number of β-lactam (4-membered cyclic amide) rings is 1. The molecule has 1 aromatic heterocycles. The summed E-state index contributed by atoms with van der Waals surface area (Å²) in [5.41, 5.74) is 10.6. The molecule has 8 heteroatoms. The molecular formula is C27H28N4O3S. The molecule has 35 heavy (non-hydrogen) atoms. The van der Waals surface area contributed by atoms with Crippen LogP contribution in [0, 0.1) is 5.41 Å². The third kappa shape index (κ3) is 5.90. The van der Waals surface area contributed by atoms with Crippen LogP contribution in [-0.2, 0) is 4.79 Å². The van der Waals surface area contributed by atoms with Crippen molar-refractivity contribution < 1.29 is 14.3 Å². The molecule has 0 radical (unpaired) electrons. The molecule has 1 amide bonds. The Bertz CT molecular complexity index is 1280. The lowest BCUT2D eigenvalue weighted by Crippen LogP contribution is -2.41. The lowest BCUT2D eigenvalue weighted by Gasteiger charge is -2.35. The fourth-order valence-electron chi connectivity index (χ4n) is 3.62. The zero-order valence-electron chi connectivity index (χ0n) is 19.7. The molecule has 2 heterocycles. The lowest BCUT2D eigenvalue weighted by atomic mass is 9.98. The first-order valence-corrected chi connectivity index (χ1v) is 12.1. The number of nitrogens with one attached hydrogen (secondary N) is 1. The van der Waals surface area contributed by atoms with E-state index in [0.29, 0.717) is 41.4 Å². The Balaban J connectivity index is 1.64. The molecule has 4 rings (SSSR count). The second kappa shape index (κ2) is 10.3. The molecule has 0 bridgehead atoms. The zero-order valence-corrected chi connectivity index (χ0v) is 20.5. The van der Waals surface area contributed by atoms with Gasteiger partial charge in [0.05, 0.1) is 35.3 Å². The number of hydrogen-bond donors (Lipinski definition) is 3. The molecule has 0 unspecified atom stereocenters. The van der Waals surface area contributed by atoms with Crippen molar-refractivity contribution in [1.82, 2.24) is 0 Å². The van der Waals surface area contributed by atoms with Crippen LogP contribution in [0.4, 0.5) is 11.4 Å². The molecule has 7 nitrogen and oxygen atoms in total. The van der Waals surface area contributed by atoms with Gasteiger partial charge in [-0.25, -0.2) is 0 Å². The summed E-state index contributed by atoms with van der Waals surface area (Å²) in [4.78, 5) is 18.8. The largest absolute Gasteiger partial charge is 0.472 e. The summed E-state index contributed by atoms with van der Waals surface area (Å²) in [6.45, 7) is 3.94. The number of rotatable bonds is 8. The van der Waals surface area contributed by atoms with Crippen LogP contribution in [-0.4, -0.2) is 34.4 Å². The number of benzene rings is 2. The number of anilines is 2. The van der Waals surface area contributed by atoms with Crippen LogP contribution in [0.25, 0.3) is 11.1 Å². The van der Waals surface area contributed by atoms with E-state index < -0.39 is 5.60 Å². The third-order valence-electron chi connectivity index (χ3n) is 5.58. The number of nitrogens with two attached hydrogens (primary N) is 1. The van der Waals surface area contributed by atoms with Crippen LogP contribution in [0.15, 0.2) is 81.6 Å². The standard InChI is InChI=1S/C27H28N4O3S/c1-27(2,33)9-10-30-15-20-12-24(22(14-23(20)28)19-8-11-34-16-19)31-21(13-25(31)32)17-35-26(29)18-6-4-3-5-7-18/h3-8,11-12,14-17,29,33H,9-10,13,28H2,1-2H3/b21-17+,29-26?,30-15?. The number of furan rings is 1. The maximum absolute atomic E-state index is 12.8. The average Bonchev–Trinajstić information content (AvgIpc) is 3.35. The Hall–Kier alpha value is -3.62. The van der Waals surface area contributed by atoms with Crippen LogP contribution >= 0.6 is 11.8 Å². The van der Waals surface area contributed by atoms with E-state index in [9.17, 15) is 9.90 Å². The summed E-state index contributed by atoms with van der Waals surface area (Å²) in [5.74, 6) is -0.0393. The highest BCUT2D eigenvalue weighted by Gasteiger charge is 2.34. The Morgan fingerprint density at radius 2 is 2.06 bits per heavy atom. The zero-order chi connectivity index (χ0) is 25.0. The monoisotopic (exact) mass is 488 g/mol. The van der Waals surface area contributed by atoms with Gasteiger partial charge in [0.15, 0.2) is 0 Å². The van der Waals surface area contributed by atoms with E-state index in [0.717, 1.165) is 22.4 Å². The van der Waals surface area contributed by atoms with Gasteiger partial charge in [0.2, 0.25) is 5.91 Å². The van der Waals surface area contributed by atoms with Crippen molar-refractivity contribution in [2.75, 3.05) is 17.2 Å². The SMILES string of the molecule is CC(C)(O)CCN=Cc1cc(N2C(=O)C/C2=C\SC(=N)c2ccccc2)c(-c2ccoc2)cc1N. The van der Waals surface area contributed by atoms with Crippen molar-refractivity contribution in [3.8, 4) is 11.1 Å². The molecule has 4 N–H and O–H groups in total. The molecule has 180 valence electrons. The van der Waals surface area contributed by atoms with Crippen molar-refractivity contribution in [3.63, 3.8) is 0 Å². The number of hydrogen-bond acceptors (Lipinski definition) is 7. The Labute approximate surface area is 208 Å². The van der Waals surface area contributed by atoms with Crippen LogP contribution in [0.2, 0.25) is 0 Å². The van der Waals surface area contributed by atoms with Gasteiger partial charge in [-0.15, -0.1) is 0 Å². The van der Waals surface area contributed by atoms with Gasteiger partial charge < -0.3 is 15.3 Å². The first kappa shape index (κ1) is 24.5. The Kier molecular flexibility index (Phi) is 7.23. The summed E-state index contributed by atoms with van der Waals surface area (Å²) in [5, 5.41) is 20.5. The van der Waals surface area contributed by atoms with E-state index in [-0.39, 0.29) is 5.91 Å². The molecule has 1 saturated heterocycles. The van der Waals surface area contributed by atoms with Crippen LogP contribution in [0.5, 0.6) is 0 Å². The smallest absolute Gasteiger partial charge is 0.237 e. The topological polar surface area (TPSA) is 116 Å². The highest BCUT2D eigenvalue weighted by molar-refractivity contribution is 8.16. The van der Waals surface area contributed by atoms with Gasteiger partial charge >= 0.3 is 0 Å². The van der Waals surface area contributed by atoms with Crippen LogP contribution in [0.3, 0.4) is 0 Å². The molecular weight excluding hydrogens is 460 g/mol. The van der Waals surface area contributed by atoms with E-state index >= 15 is 0 Å². The predicted molar refractivity (Wildman–Crippen MR) is 143 cm³/mol. The number of nitrogen functional groups attached to an aromatic ring is 1. The number of thioether (sulfide) groups is 1. The van der Waals surface area contributed by atoms with Gasteiger partial charge in [0.25, 0.3) is 0 Å². The molecule has 0 atom stereocenters. The minimum absolute atomic E-state index is 0.0393. The van der Waals surface area contributed by atoms with E-state index in [1.807, 2.05) is 53.9 Å². The first-order chi connectivity index (χ1) is 16.7. The quantitative estimate of drug-likeness (QED) is 0.169. The van der Waals surface area contributed by atoms with Crippen LogP contribution < -0.4 is 10.6 Å². The van der Waals surface area contributed by atoms with Crippen molar-refractivity contribution in [1.29, 1.82) is 5.41 Å². The molecule has 3 aromatic rings. The lowest BCUT2D eigenvalue weighted by molar-refractivity contribution is -0.120. The second-order valence-corrected chi connectivity index (χ2v) is 9.82. The van der Waals surface area contributed by atoms with Crippen molar-refractivity contribution >= 4 is 40.3 Å². The molecule has 2 aromatic carbocycles. The average molecular weight is 489 g/mol. The minimum atomic E-state index is -0.798. The summed E-state index contributed by atoms with van der Waals surface area (Å²) >= 11 is 1.28. The predicted octanol–water partition coefficient (Wildman–Crippen LogP) is 5.45. The number of carbonyl (C=O) groups is 1. The van der Waals surface area contributed by atoms with Gasteiger partial charge in [0, 0.05) is 46.4 Å². The van der Waals surface area contributed by atoms with E-state index in [4.69, 9.17) is 15.6 Å². The summed E-state index contributed by atoms with van der Waals surface area (Å²) in [6, 6.07) is 15.0. The number of carbonyl (C=O) groups excluding carboxylic acids is 1. The highest BCUT2D eigenvalue weighted by Crippen LogP contribution is 2.41. The fraction of sp³-hybridized carbons (Fsp3) is 0.222. The second-order valence-electron chi connectivity index (χ2n) is 8.94. The van der Waals surface area contributed by atoms with Gasteiger partial charge in [-0.05, 0) is 43.9 Å². The molecule has 0 saturated carbocycles. The van der Waals surface area contributed by atoms with Crippen molar-refractivity contribution in [3.05, 3.63) is 83.3 Å². The summed E-state index contributed by atoms with van der Waals surface area (Å²) < 4.78 is 5.28. The van der Waals surface area contributed by atoms with E-state index in [1.54, 1.807) is 37.5 Å². The van der Waals surface area contributed by atoms with E-state index in [2.05, 4.69) is 4.99 Å². The molecule has 1 fully saturated rings. The van der Waals surface area contributed by atoms with Crippen LogP contribution in [0.1, 0.15) is 37.8 Å². The number of aliphatic imine (C=N–C) groups is 1. The van der Waals surface area contributed by atoms with Crippen molar-refractivity contribution in [2.24, 2.45) is 4.99 Å². The fourth-order valence-corrected chi connectivity index (χ4v) is 4.33. The number of amides is 1. The maximum Gasteiger partial charge on any atom is 0.237 e. The Morgan fingerprint density at radius 3 is 2.71 bits per heavy atom. The minimum Gasteiger partial charge on any atom is -0.472 e. The number of aliphatic hydroxyl groups is 1. The molecule has 1 aliphatic heterocycles. The highest BCUT2D eigenvalue weighted by atomic mass is 32.2. The van der Waals surface area contributed by atoms with Gasteiger partial charge in [-0.1, -0.05) is 42.1 Å². The van der Waals surface area contributed by atoms with Gasteiger partial charge in [-0.3, -0.25) is 20.1 Å². The number of nitrogens with zero attached hydrogens (tertiary/aromatic N) is 2. The van der Waals surface area contributed by atoms with Crippen molar-refractivity contribution in [2.45, 2.75) is 32.3 Å². The summed E-state index contributed by atoms with van der Waals surface area (Å²) in [6.07, 6.45) is 5.68. The Morgan fingerprint density at radius 1 is 1.29 bits per heavy atom. The van der Waals surface area contributed by atoms with E-state index in [1.165, 1.54) is 11.8 Å². The van der Waals surface area contributed by atoms with Gasteiger partial charge in [0.1, 0.15) is 0 Å². The molecule has 0 aliphatic carbocycles. The maximum atomic E-state index is 12.8. The summed E-state index contributed by atoms with van der Waals surface area (Å²) in [7, 11) is 0. The molecule has 1 aliphatic rings. The normalized spacial score (nSPS) is 15.1. The first-order valence-electron chi connectivity index (χ1n) is 11.2. The van der Waals surface area contributed by atoms with Gasteiger partial charge in [-0.2, -0.15) is 0 Å².